The van der Waals surface area contributed by atoms with Gasteiger partial charge in [0.05, 0.1) is 12.5 Å². The van der Waals surface area contributed by atoms with Gasteiger partial charge in [-0.25, -0.2) is 9.78 Å². The Morgan fingerprint density at radius 1 is 1.03 bits per heavy atom. The number of fused-ring (bicyclic) bond motifs is 1. The van der Waals surface area contributed by atoms with Gasteiger partial charge in [-0.15, -0.1) is 0 Å². The van der Waals surface area contributed by atoms with Crippen LogP contribution < -0.4 is 10.2 Å². The number of carbonyl (C=O) groups excluding carboxylic acids is 1. The van der Waals surface area contributed by atoms with Crippen LogP contribution in [-0.4, -0.2) is 36.4 Å². The van der Waals surface area contributed by atoms with E-state index in [4.69, 9.17) is 9.15 Å². The van der Waals surface area contributed by atoms with Crippen LogP contribution in [0.1, 0.15) is 10.5 Å². The van der Waals surface area contributed by atoms with Gasteiger partial charge in [-0.05, 0) is 18.2 Å². The number of H-pyrrole nitrogens is 1. The maximum Gasteiger partial charge on any atom is 0.362 e. The highest BCUT2D eigenvalue weighted by Crippen LogP contribution is 2.38. The van der Waals surface area contributed by atoms with E-state index in [1.807, 2.05) is 0 Å². The molecule has 0 aliphatic carbocycles. The Morgan fingerprint density at radius 2 is 1.83 bits per heavy atom. The first kappa shape index (κ1) is 17.9. The van der Waals surface area contributed by atoms with E-state index in [1.54, 1.807) is 0 Å². The minimum atomic E-state index is -0.948. The molecule has 5 N–H and O–H groups in total. The van der Waals surface area contributed by atoms with Crippen LogP contribution in [0.5, 0.6) is 28.7 Å². The monoisotopic (exact) mass is 396 g/mol. The Bertz CT molecular complexity index is 1310. The SMILES string of the molecule is O=C(Oc1c(-c2ccc(O)c(O)c2)oc2cc(O)cc(O)c2c1=O)c1cnc[nH]1. The molecule has 0 saturated heterocycles. The molecule has 0 bridgehead atoms. The van der Waals surface area contributed by atoms with E-state index in [-0.39, 0.29) is 33.7 Å². The number of esters is 1. The Balaban J connectivity index is 1.99. The number of carbonyl (C=O) groups is 1. The molecule has 0 spiro atoms. The average Bonchev–Trinajstić information content (AvgIpc) is 3.20. The molecule has 29 heavy (non-hydrogen) atoms. The average molecular weight is 396 g/mol. The first-order valence-electron chi connectivity index (χ1n) is 8.11. The van der Waals surface area contributed by atoms with Crippen LogP contribution in [0.4, 0.5) is 0 Å². The number of hydrogen-bond donors (Lipinski definition) is 5. The normalized spacial score (nSPS) is 10.9. The smallest absolute Gasteiger partial charge is 0.362 e. The second kappa shape index (κ2) is 6.60. The second-order valence-corrected chi connectivity index (χ2v) is 5.99. The number of ether oxygens (including phenoxy) is 1. The molecule has 0 aliphatic heterocycles. The summed E-state index contributed by atoms with van der Waals surface area (Å²) in [5, 5.41) is 38.8. The number of aromatic nitrogens is 2. The Kier molecular flexibility index (Phi) is 4.08. The quantitative estimate of drug-likeness (QED) is 0.258. The molecule has 0 unspecified atom stereocenters. The first-order chi connectivity index (χ1) is 13.8. The first-order valence-corrected chi connectivity index (χ1v) is 8.11. The van der Waals surface area contributed by atoms with Gasteiger partial charge in [0.1, 0.15) is 28.2 Å². The van der Waals surface area contributed by atoms with Crippen molar-refractivity contribution in [1.29, 1.82) is 0 Å². The summed E-state index contributed by atoms with van der Waals surface area (Å²) in [7, 11) is 0. The van der Waals surface area contributed by atoms with Crippen molar-refractivity contribution in [2.45, 2.75) is 0 Å². The molecular formula is C19H12N2O8. The van der Waals surface area contributed by atoms with Crippen molar-refractivity contribution in [3.05, 3.63) is 58.8 Å². The van der Waals surface area contributed by atoms with Gasteiger partial charge in [0, 0.05) is 17.7 Å². The summed E-state index contributed by atoms with van der Waals surface area (Å²) in [6.07, 6.45) is 2.43. The molecular weight excluding hydrogens is 384 g/mol. The number of rotatable bonds is 3. The van der Waals surface area contributed by atoms with Crippen LogP contribution in [0, 0.1) is 0 Å². The number of nitrogens with one attached hydrogen (secondary N) is 1. The predicted octanol–water partition coefficient (Wildman–Crippen LogP) is 2.22. The topological polar surface area (TPSA) is 166 Å². The minimum Gasteiger partial charge on any atom is -0.508 e. The number of phenolic OH excluding ortho intramolecular Hbond substituents is 4. The van der Waals surface area contributed by atoms with Crippen molar-refractivity contribution in [3.63, 3.8) is 0 Å². The van der Waals surface area contributed by atoms with Gasteiger partial charge in [0.2, 0.25) is 11.2 Å². The fourth-order valence-corrected chi connectivity index (χ4v) is 2.73. The summed E-state index contributed by atoms with van der Waals surface area (Å²) in [4.78, 5) is 31.6. The lowest BCUT2D eigenvalue weighted by Crippen LogP contribution is -2.16. The van der Waals surface area contributed by atoms with Crippen LogP contribution >= 0.6 is 0 Å². The highest BCUT2D eigenvalue weighted by atomic mass is 16.5. The second-order valence-electron chi connectivity index (χ2n) is 5.99. The Hall–Kier alpha value is -4.47. The molecule has 146 valence electrons. The van der Waals surface area contributed by atoms with E-state index in [2.05, 4.69) is 9.97 Å². The van der Waals surface area contributed by atoms with Crippen molar-refractivity contribution < 1.29 is 34.4 Å². The van der Waals surface area contributed by atoms with Crippen molar-refractivity contribution in [3.8, 4) is 40.1 Å². The van der Waals surface area contributed by atoms with Gasteiger partial charge >= 0.3 is 5.97 Å². The molecule has 2 aromatic carbocycles. The number of aromatic amines is 1. The lowest BCUT2D eigenvalue weighted by molar-refractivity contribution is 0.0725. The maximum atomic E-state index is 13.0. The van der Waals surface area contributed by atoms with E-state index in [0.29, 0.717) is 0 Å². The maximum absolute atomic E-state index is 13.0. The number of hydrogen-bond acceptors (Lipinski definition) is 9. The van der Waals surface area contributed by atoms with E-state index in [1.165, 1.54) is 18.6 Å². The van der Waals surface area contributed by atoms with E-state index >= 15 is 0 Å². The van der Waals surface area contributed by atoms with E-state index < -0.39 is 34.4 Å². The number of aromatic hydroxyl groups is 4. The number of imidazole rings is 1. The summed E-state index contributed by atoms with van der Waals surface area (Å²) in [5.74, 6) is -3.64. The fraction of sp³-hybridized carbons (Fsp3) is 0. The molecule has 2 heterocycles. The van der Waals surface area contributed by atoms with Crippen LogP contribution in [-0.2, 0) is 0 Å². The van der Waals surface area contributed by atoms with Crippen LogP contribution in [0.25, 0.3) is 22.3 Å². The molecule has 0 fully saturated rings. The number of benzene rings is 2. The Labute approximate surface area is 160 Å². The van der Waals surface area contributed by atoms with Gasteiger partial charge in [-0.1, -0.05) is 0 Å². The van der Waals surface area contributed by atoms with Crippen molar-refractivity contribution in [1.82, 2.24) is 9.97 Å². The van der Waals surface area contributed by atoms with Crippen molar-refractivity contribution in [2.24, 2.45) is 0 Å². The lowest BCUT2D eigenvalue weighted by atomic mass is 10.1. The Morgan fingerprint density at radius 3 is 2.52 bits per heavy atom. The van der Waals surface area contributed by atoms with E-state index in [0.717, 1.165) is 24.3 Å². The van der Waals surface area contributed by atoms with Crippen LogP contribution in [0.2, 0.25) is 0 Å². The van der Waals surface area contributed by atoms with Crippen molar-refractivity contribution >= 4 is 16.9 Å². The number of phenols is 4. The highest BCUT2D eigenvalue weighted by molar-refractivity contribution is 5.92. The third-order valence-electron chi connectivity index (χ3n) is 4.07. The molecule has 10 nitrogen and oxygen atoms in total. The highest BCUT2D eigenvalue weighted by Gasteiger charge is 2.24. The summed E-state index contributed by atoms with van der Waals surface area (Å²) >= 11 is 0. The molecule has 0 saturated carbocycles. The molecule has 0 aliphatic rings. The zero-order valence-corrected chi connectivity index (χ0v) is 14.4. The molecule has 10 heteroatoms. The van der Waals surface area contributed by atoms with Gasteiger partial charge in [0.25, 0.3) is 0 Å². The zero-order valence-electron chi connectivity index (χ0n) is 14.4. The minimum absolute atomic E-state index is 0.0427. The van der Waals surface area contributed by atoms with E-state index in [9.17, 15) is 30.0 Å². The molecule has 0 amide bonds. The summed E-state index contributed by atoms with van der Waals surface area (Å²) < 4.78 is 10.8. The fourth-order valence-electron chi connectivity index (χ4n) is 2.73. The van der Waals surface area contributed by atoms with Crippen LogP contribution in [0.15, 0.2) is 52.1 Å². The molecule has 4 aromatic rings. The summed E-state index contributed by atoms with van der Waals surface area (Å²) in [6.45, 7) is 0. The van der Waals surface area contributed by atoms with Crippen LogP contribution in [0.3, 0.4) is 0 Å². The molecule has 4 rings (SSSR count). The van der Waals surface area contributed by atoms with Gasteiger partial charge < -0.3 is 34.6 Å². The van der Waals surface area contributed by atoms with Gasteiger partial charge in [-0.3, -0.25) is 4.79 Å². The molecule has 0 atom stereocenters. The summed E-state index contributed by atoms with van der Waals surface area (Å²) in [6, 6.07) is 5.59. The molecule has 2 aromatic heterocycles. The summed E-state index contributed by atoms with van der Waals surface area (Å²) in [5.41, 5.74) is -1.02. The third-order valence-corrected chi connectivity index (χ3v) is 4.07. The lowest BCUT2D eigenvalue weighted by Gasteiger charge is -2.11. The molecule has 0 radical (unpaired) electrons. The zero-order chi connectivity index (χ0) is 20.7. The third kappa shape index (κ3) is 3.08. The van der Waals surface area contributed by atoms with Gasteiger partial charge in [0.15, 0.2) is 17.3 Å². The largest absolute Gasteiger partial charge is 0.508 e. The van der Waals surface area contributed by atoms with Gasteiger partial charge in [-0.2, -0.15) is 0 Å². The standard InChI is InChI=1S/C19H12N2O8/c22-9-4-13(25)15-14(5-9)28-17(8-1-2-11(23)12(24)3-8)18(16(15)26)29-19(27)10-6-20-7-21-10/h1-7,22-25H,(H,20,21). The van der Waals surface area contributed by atoms with Crippen molar-refractivity contribution in [2.75, 3.05) is 0 Å². The number of nitrogens with zero attached hydrogens (tertiary/aromatic N) is 1. The predicted molar refractivity (Wildman–Crippen MR) is 98.1 cm³/mol.